The normalized spacial score (nSPS) is 11.0. The zero-order valence-electron chi connectivity index (χ0n) is 13.3. The van der Waals surface area contributed by atoms with Gasteiger partial charge in [0.25, 0.3) is 0 Å². The van der Waals surface area contributed by atoms with Crippen LogP contribution in [0.25, 0.3) is 0 Å². The maximum atomic E-state index is 10.5. The molecule has 0 atom stereocenters. The van der Waals surface area contributed by atoms with E-state index in [9.17, 15) is 25.9 Å². The number of phenolic OH excluding ortho intramolecular Hbond substituents is 2. The molecule has 2 rings (SSSR count). The van der Waals surface area contributed by atoms with Crippen molar-refractivity contribution in [2.75, 3.05) is 0 Å². The van der Waals surface area contributed by atoms with Crippen molar-refractivity contribution < 1.29 is 36.2 Å². The monoisotopic (exact) mass is 414 g/mol. The molecule has 2 aromatic carbocycles. The van der Waals surface area contributed by atoms with Crippen molar-refractivity contribution in [3.63, 3.8) is 0 Å². The molecule has 11 heteroatoms. The maximum Gasteiger partial charge on any atom is 2.00 e. The van der Waals surface area contributed by atoms with Gasteiger partial charge >= 0.3 is 37.7 Å². The van der Waals surface area contributed by atoms with Gasteiger partial charge in [-0.15, -0.1) is 0 Å². The summed E-state index contributed by atoms with van der Waals surface area (Å²) >= 11 is 0. The van der Waals surface area contributed by atoms with Gasteiger partial charge < -0.3 is 19.3 Å². The van der Waals surface area contributed by atoms with E-state index < -0.39 is 41.5 Å². The molecule has 0 aliphatic heterocycles. The molecular formula is C14H14CaO8S2. The van der Waals surface area contributed by atoms with Gasteiger partial charge in [0.15, 0.2) is 0 Å². The van der Waals surface area contributed by atoms with E-state index in [-0.39, 0.29) is 37.7 Å². The molecule has 0 unspecified atom stereocenters. The average Bonchev–Trinajstić information content (AvgIpc) is 2.42. The predicted octanol–water partition coefficient (Wildman–Crippen LogP) is 0.829. The standard InChI is InChI=1S/2C7H8O4S.Ca/c2*1-5-2-3-6(8)7(4-5)12(9,10)11;/h2*2-4,8H,1H3,(H,9,10,11);/q;;+2/p-2. The van der Waals surface area contributed by atoms with Crippen LogP contribution in [0.2, 0.25) is 0 Å². The number of hydrogen-bond donors (Lipinski definition) is 2. The second-order valence-electron chi connectivity index (χ2n) is 4.85. The van der Waals surface area contributed by atoms with Crippen LogP contribution >= 0.6 is 0 Å². The molecule has 8 nitrogen and oxygen atoms in total. The molecular weight excluding hydrogens is 400 g/mol. The van der Waals surface area contributed by atoms with Crippen LogP contribution in [-0.2, 0) is 20.2 Å². The van der Waals surface area contributed by atoms with Crippen LogP contribution in [0.15, 0.2) is 46.2 Å². The molecule has 0 radical (unpaired) electrons. The number of hydrogen-bond acceptors (Lipinski definition) is 8. The Hall–Kier alpha value is -0.880. The van der Waals surface area contributed by atoms with Gasteiger partial charge in [-0.2, -0.15) is 0 Å². The average molecular weight is 414 g/mol. The van der Waals surface area contributed by atoms with E-state index >= 15 is 0 Å². The molecule has 0 aliphatic carbocycles. The van der Waals surface area contributed by atoms with Gasteiger partial charge in [-0.1, -0.05) is 12.1 Å². The van der Waals surface area contributed by atoms with E-state index in [0.29, 0.717) is 11.1 Å². The van der Waals surface area contributed by atoms with Crippen molar-refractivity contribution in [2.45, 2.75) is 23.6 Å². The van der Waals surface area contributed by atoms with Crippen molar-refractivity contribution >= 4 is 58.0 Å². The van der Waals surface area contributed by atoms with Gasteiger partial charge in [-0.3, -0.25) is 0 Å². The summed E-state index contributed by atoms with van der Waals surface area (Å²) in [6.07, 6.45) is 0. The predicted molar refractivity (Wildman–Crippen MR) is 87.4 cm³/mol. The topological polar surface area (TPSA) is 155 Å². The number of rotatable bonds is 2. The quantitative estimate of drug-likeness (QED) is 0.541. The van der Waals surface area contributed by atoms with Crippen molar-refractivity contribution in [3.05, 3.63) is 47.5 Å². The molecule has 0 aromatic heterocycles. The minimum atomic E-state index is -4.56. The van der Waals surface area contributed by atoms with E-state index in [1.807, 2.05) is 0 Å². The molecule has 0 heterocycles. The largest absolute Gasteiger partial charge is 2.00 e. The Kier molecular flexibility index (Phi) is 8.85. The summed E-state index contributed by atoms with van der Waals surface area (Å²) in [6, 6.07) is 7.67. The summed E-state index contributed by atoms with van der Waals surface area (Å²) in [5.74, 6) is -1.01. The molecule has 0 spiro atoms. The minimum absolute atomic E-state index is 0. The van der Waals surface area contributed by atoms with E-state index in [1.54, 1.807) is 13.8 Å². The zero-order chi connectivity index (χ0) is 18.7. The number of aromatic hydroxyl groups is 2. The van der Waals surface area contributed by atoms with Crippen LogP contribution in [0, 0.1) is 13.8 Å². The minimum Gasteiger partial charge on any atom is -0.744 e. The Morgan fingerprint density at radius 2 is 1.00 bits per heavy atom. The van der Waals surface area contributed by atoms with Gasteiger partial charge in [0.05, 0.1) is 9.79 Å². The Bertz CT molecular complexity index is 873. The first-order valence-electron chi connectivity index (χ1n) is 6.33. The molecule has 0 fully saturated rings. The first-order chi connectivity index (χ1) is 10.8. The number of benzene rings is 2. The van der Waals surface area contributed by atoms with E-state index in [4.69, 9.17) is 10.2 Å². The number of phenols is 2. The fourth-order valence-electron chi connectivity index (χ4n) is 1.64. The van der Waals surface area contributed by atoms with E-state index in [2.05, 4.69) is 0 Å². The van der Waals surface area contributed by atoms with Crippen molar-refractivity contribution in [3.8, 4) is 11.5 Å². The van der Waals surface area contributed by atoms with Crippen LogP contribution in [-0.4, -0.2) is 73.9 Å². The van der Waals surface area contributed by atoms with Gasteiger partial charge in [0.1, 0.15) is 31.7 Å². The molecule has 0 bridgehead atoms. The van der Waals surface area contributed by atoms with Crippen LogP contribution in [0.5, 0.6) is 11.5 Å². The summed E-state index contributed by atoms with van der Waals surface area (Å²) < 4.78 is 62.9. The van der Waals surface area contributed by atoms with Gasteiger partial charge in [-0.25, -0.2) is 16.8 Å². The third kappa shape index (κ3) is 7.48. The summed E-state index contributed by atoms with van der Waals surface area (Å²) in [5, 5.41) is 18.0. The summed E-state index contributed by atoms with van der Waals surface area (Å²) in [4.78, 5) is -1.13. The maximum absolute atomic E-state index is 10.5. The molecule has 132 valence electrons. The molecule has 2 N–H and O–H groups in total. The first kappa shape index (κ1) is 24.1. The Morgan fingerprint density at radius 1 is 0.720 bits per heavy atom. The Labute approximate surface area is 175 Å². The fourth-order valence-corrected chi connectivity index (χ4v) is 2.95. The smallest absolute Gasteiger partial charge is 0.744 e. The first-order valence-corrected chi connectivity index (χ1v) is 9.15. The van der Waals surface area contributed by atoms with Crippen LogP contribution in [0.3, 0.4) is 0 Å². The Balaban J connectivity index is 0.000000443. The van der Waals surface area contributed by atoms with Crippen molar-refractivity contribution in [1.82, 2.24) is 0 Å². The fraction of sp³-hybridized carbons (Fsp3) is 0.143. The van der Waals surface area contributed by atoms with Crippen LogP contribution in [0.4, 0.5) is 0 Å². The molecule has 0 saturated carbocycles. The second-order valence-corrected chi connectivity index (χ2v) is 7.55. The third-order valence-electron chi connectivity index (χ3n) is 2.77. The van der Waals surface area contributed by atoms with Crippen LogP contribution < -0.4 is 0 Å². The van der Waals surface area contributed by atoms with Crippen molar-refractivity contribution in [2.24, 2.45) is 0 Å². The van der Waals surface area contributed by atoms with Gasteiger partial charge in [-0.05, 0) is 49.2 Å². The summed E-state index contributed by atoms with van der Waals surface area (Å²) in [7, 11) is -9.11. The zero-order valence-corrected chi connectivity index (χ0v) is 17.2. The SMILES string of the molecule is Cc1ccc(O)c(S(=O)(=O)[O-])c1.Cc1ccc(O)c(S(=O)(=O)[O-])c1.[Ca+2]. The molecule has 0 saturated heterocycles. The summed E-state index contributed by atoms with van der Waals surface area (Å²) in [6.45, 7) is 3.27. The second kappa shape index (κ2) is 9.17. The molecule has 25 heavy (non-hydrogen) atoms. The summed E-state index contributed by atoms with van der Waals surface area (Å²) in [5.41, 5.74) is 1.23. The number of aryl methyl sites for hydroxylation is 2. The molecule has 0 amide bonds. The molecule has 2 aromatic rings. The van der Waals surface area contributed by atoms with Crippen molar-refractivity contribution in [1.29, 1.82) is 0 Å². The van der Waals surface area contributed by atoms with E-state index in [1.165, 1.54) is 24.3 Å². The van der Waals surface area contributed by atoms with E-state index in [0.717, 1.165) is 12.1 Å². The van der Waals surface area contributed by atoms with Gasteiger partial charge in [0, 0.05) is 0 Å². The van der Waals surface area contributed by atoms with Gasteiger partial charge in [0.2, 0.25) is 0 Å². The molecule has 0 aliphatic rings. The Morgan fingerprint density at radius 3 is 1.20 bits per heavy atom. The third-order valence-corrected chi connectivity index (χ3v) is 4.50. The van der Waals surface area contributed by atoms with Crippen LogP contribution in [0.1, 0.15) is 11.1 Å².